The van der Waals surface area contributed by atoms with Gasteiger partial charge in [0.15, 0.2) is 0 Å². The van der Waals surface area contributed by atoms with Gasteiger partial charge < -0.3 is 5.73 Å². The summed E-state index contributed by atoms with van der Waals surface area (Å²) in [6, 6.07) is 0. The number of nitrogens with two attached hydrogens (primary N) is 1. The van der Waals surface area contributed by atoms with Crippen LogP contribution in [-0.2, 0) is 9.84 Å². The van der Waals surface area contributed by atoms with Crippen LogP contribution in [0.5, 0.6) is 0 Å². The lowest BCUT2D eigenvalue weighted by Gasteiger charge is -2.37. The predicted molar refractivity (Wildman–Crippen MR) is 64.7 cm³/mol. The maximum absolute atomic E-state index is 11.0. The number of sulfone groups is 1. The smallest absolute Gasteiger partial charge is 0.147 e. The van der Waals surface area contributed by atoms with Crippen molar-refractivity contribution in [3.05, 3.63) is 0 Å². The Kier molecular flexibility index (Phi) is 5.77. The molecule has 0 unspecified atom stereocenters. The highest BCUT2D eigenvalue weighted by molar-refractivity contribution is 7.90. The first kappa shape index (κ1) is 14.9. The second kappa shape index (κ2) is 5.82. The van der Waals surface area contributed by atoms with Crippen molar-refractivity contribution in [3.8, 4) is 0 Å². The van der Waals surface area contributed by atoms with Gasteiger partial charge in [0.05, 0.1) is 5.75 Å². The minimum absolute atomic E-state index is 0.0494. The second-order valence-corrected chi connectivity index (χ2v) is 6.84. The summed E-state index contributed by atoms with van der Waals surface area (Å²) < 4.78 is 22.0. The van der Waals surface area contributed by atoms with Gasteiger partial charge in [-0.3, -0.25) is 4.90 Å². The lowest BCUT2D eigenvalue weighted by molar-refractivity contribution is 0.135. The van der Waals surface area contributed by atoms with Crippen molar-refractivity contribution in [2.45, 2.75) is 32.7 Å². The Morgan fingerprint density at radius 2 is 1.87 bits per heavy atom. The highest BCUT2D eigenvalue weighted by Gasteiger charge is 2.23. The summed E-state index contributed by atoms with van der Waals surface area (Å²) in [6.45, 7) is 8.49. The van der Waals surface area contributed by atoms with Gasteiger partial charge in [0.25, 0.3) is 0 Å². The van der Waals surface area contributed by atoms with Crippen molar-refractivity contribution in [2.75, 3.05) is 31.6 Å². The normalized spacial score (nSPS) is 13.5. The Labute approximate surface area is 93.7 Å². The van der Waals surface area contributed by atoms with E-state index in [2.05, 4.69) is 25.7 Å². The molecular formula is C10H24N2O2S. The van der Waals surface area contributed by atoms with Crippen LogP contribution in [0.1, 0.15) is 27.2 Å². The number of hydrogen-bond donors (Lipinski definition) is 1. The van der Waals surface area contributed by atoms with Crippen molar-refractivity contribution in [2.24, 2.45) is 5.73 Å². The first-order valence-electron chi connectivity index (χ1n) is 5.36. The molecule has 0 aromatic carbocycles. The molecule has 15 heavy (non-hydrogen) atoms. The van der Waals surface area contributed by atoms with Crippen LogP contribution in [-0.4, -0.2) is 50.5 Å². The van der Waals surface area contributed by atoms with Crippen LogP contribution in [0.15, 0.2) is 0 Å². The van der Waals surface area contributed by atoms with Gasteiger partial charge in [-0.15, -0.1) is 0 Å². The van der Waals surface area contributed by atoms with Crippen LogP contribution in [0.3, 0.4) is 0 Å². The van der Waals surface area contributed by atoms with E-state index < -0.39 is 9.84 Å². The average molecular weight is 236 g/mol. The van der Waals surface area contributed by atoms with Crippen molar-refractivity contribution in [3.63, 3.8) is 0 Å². The maximum atomic E-state index is 11.0. The quantitative estimate of drug-likeness (QED) is 0.698. The Morgan fingerprint density at radius 3 is 2.20 bits per heavy atom. The van der Waals surface area contributed by atoms with Gasteiger partial charge in [-0.1, -0.05) is 6.92 Å². The minimum Gasteiger partial charge on any atom is -0.329 e. The molecule has 0 aromatic heterocycles. The molecule has 0 aliphatic heterocycles. The summed E-state index contributed by atoms with van der Waals surface area (Å²) >= 11 is 0. The topological polar surface area (TPSA) is 63.4 Å². The van der Waals surface area contributed by atoms with Gasteiger partial charge in [0.1, 0.15) is 9.84 Å². The van der Waals surface area contributed by atoms with Gasteiger partial charge in [-0.2, -0.15) is 0 Å². The molecule has 0 rings (SSSR count). The van der Waals surface area contributed by atoms with E-state index in [4.69, 9.17) is 5.73 Å². The number of hydrogen-bond acceptors (Lipinski definition) is 4. The predicted octanol–water partition coefficient (Wildman–Crippen LogP) is 0.480. The molecule has 0 aliphatic rings. The van der Waals surface area contributed by atoms with E-state index in [1.54, 1.807) is 0 Å². The van der Waals surface area contributed by atoms with Gasteiger partial charge in [0, 0.05) is 18.3 Å². The lowest BCUT2D eigenvalue weighted by Crippen LogP contribution is -2.49. The lowest BCUT2D eigenvalue weighted by atomic mass is 10.0. The van der Waals surface area contributed by atoms with Crippen molar-refractivity contribution < 1.29 is 8.42 Å². The molecule has 0 bridgehead atoms. The minimum atomic E-state index is -2.84. The standard InChI is InChI=1S/C10H24N2O2S/c1-5-12(10(2,3)9-11)7-6-8-15(4,13)14/h5-9,11H2,1-4H3. The third kappa shape index (κ3) is 6.12. The van der Waals surface area contributed by atoms with E-state index in [0.717, 1.165) is 13.1 Å². The summed E-state index contributed by atoms with van der Waals surface area (Å²) in [5.74, 6) is 0.254. The van der Waals surface area contributed by atoms with E-state index in [1.807, 2.05) is 0 Å². The number of nitrogens with zero attached hydrogens (tertiary/aromatic N) is 1. The largest absolute Gasteiger partial charge is 0.329 e. The zero-order chi connectivity index (χ0) is 12.1. The monoisotopic (exact) mass is 236 g/mol. The van der Waals surface area contributed by atoms with E-state index in [-0.39, 0.29) is 11.3 Å². The summed E-state index contributed by atoms with van der Waals surface area (Å²) in [6.07, 6.45) is 1.95. The molecule has 0 aromatic rings. The zero-order valence-corrected chi connectivity index (χ0v) is 11.1. The fourth-order valence-electron chi connectivity index (χ4n) is 1.54. The Balaban J connectivity index is 4.13. The van der Waals surface area contributed by atoms with Crippen LogP contribution < -0.4 is 5.73 Å². The molecule has 2 N–H and O–H groups in total. The maximum Gasteiger partial charge on any atom is 0.147 e. The van der Waals surface area contributed by atoms with Gasteiger partial charge >= 0.3 is 0 Å². The van der Waals surface area contributed by atoms with E-state index in [9.17, 15) is 8.42 Å². The molecule has 0 fully saturated rings. The molecule has 0 heterocycles. The van der Waals surface area contributed by atoms with Gasteiger partial charge in [0.2, 0.25) is 0 Å². The first-order valence-corrected chi connectivity index (χ1v) is 7.42. The molecule has 0 radical (unpaired) electrons. The third-order valence-corrected chi connectivity index (χ3v) is 3.71. The van der Waals surface area contributed by atoms with Crippen LogP contribution >= 0.6 is 0 Å². The molecule has 92 valence electrons. The highest BCUT2D eigenvalue weighted by atomic mass is 32.2. The Bertz CT molecular complexity index is 273. The fourth-order valence-corrected chi connectivity index (χ4v) is 2.19. The first-order chi connectivity index (χ1) is 6.73. The highest BCUT2D eigenvalue weighted by Crippen LogP contribution is 2.12. The van der Waals surface area contributed by atoms with Gasteiger partial charge in [-0.05, 0) is 33.4 Å². The van der Waals surface area contributed by atoms with Crippen LogP contribution in [0.4, 0.5) is 0 Å². The average Bonchev–Trinajstić information content (AvgIpc) is 2.10. The number of likely N-dealkylation sites (N-methyl/N-ethyl adjacent to an activating group) is 1. The van der Waals surface area contributed by atoms with Crippen LogP contribution in [0.25, 0.3) is 0 Å². The molecule has 0 atom stereocenters. The second-order valence-electron chi connectivity index (χ2n) is 4.58. The summed E-state index contributed by atoms with van der Waals surface area (Å²) in [5.41, 5.74) is 5.63. The summed E-state index contributed by atoms with van der Waals surface area (Å²) in [4.78, 5) is 2.22. The van der Waals surface area contributed by atoms with Crippen LogP contribution in [0.2, 0.25) is 0 Å². The molecule has 0 amide bonds. The van der Waals surface area contributed by atoms with E-state index in [1.165, 1.54) is 6.26 Å². The molecule has 0 saturated heterocycles. The summed E-state index contributed by atoms with van der Waals surface area (Å²) in [7, 11) is -2.84. The molecule has 0 spiro atoms. The van der Waals surface area contributed by atoms with Crippen molar-refractivity contribution >= 4 is 9.84 Å². The molecular weight excluding hydrogens is 212 g/mol. The van der Waals surface area contributed by atoms with Crippen molar-refractivity contribution in [1.82, 2.24) is 4.90 Å². The van der Waals surface area contributed by atoms with E-state index >= 15 is 0 Å². The molecule has 4 nitrogen and oxygen atoms in total. The number of rotatable bonds is 7. The summed E-state index contributed by atoms with van der Waals surface area (Å²) in [5, 5.41) is 0. The zero-order valence-electron chi connectivity index (χ0n) is 10.3. The Morgan fingerprint density at radius 1 is 1.33 bits per heavy atom. The van der Waals surface area contributed by atoms with Crippen molar-refractivity contribution in [1.29, 1.82) is 0 Å². The van der Waals surface area contributed by atoms with Gasteiger partial charge in [-0.25, -0.2) is 8.42 Å². The van der Waals surface area contributed by atoms with Crippen LogP contribution in [0, 0.1) is 0 Å². The fraction of sp³-hybridized carbons (Fsp3) is 1.00. The molecule has 0 aliphatic carbocycles. The third-order valence-electron chi connectivity index (χ3n) is 2.68. The Hall–Kier alpha value is -0.130. The molecule has 0 saturated carbocycles. The van der Waals surface area contributed by atoms with E-state index in [0.29, 0.717) is 13.0 Å². The SMILES string of the molecule is CCN(CCCS(C)(=O)=O)C(C)(C)CN. The molecule has 5 heteroatoms.